The molecule has 5 heteroatoms. The van der Waals surface area contributed by atoms with E-state index in [0.29, 0.717) is 11.1 Å². The van der Waals surface area contributed by atoms with Gasteiger partial charge in [-0.25, -0.2) is 4.79 Å². The average Bonchev–Trinajstić information content (AvgIpc) is 2.35. The number of carbonyl (C=O) groups excluding carboxylic acids is 1. The first-order valence-corrected chi connectivity index (χ1v) is 4.74. The highest BCUT2D eigenvalue weighted by Crippen LogP contribution is 2.21. The Kier molecular flexibility index (Phi) is 4.42. The minimum absolute atomic E-state index is 0.277. The van der Waals surface area contributed by atoms with Crippen LogP contribution >= 0.6 is 0 Å². The second-order valence-corrected chi connectivity index (χ2v) is 3.27. The molecule has 0 fully saturated rings. The van der Waals surface area contributed by atoms with Crippen molar-refractivity contribution in [2.75, 3.05) is 7.11 Å². The highest BCUT2D eigenvalue weighted by molar-refractivity contribution is 5.75. The van der Waals surface area contributed by atoms with Gasteiger partial charge in [0.25, 0.3) is 0 Å². The Morgan fingerprint density at radius 2 is 2.00 bits per heavy atom. The van der Waals surface area contributed by atoms with Gasteiger partial charge in [-0.2, -0.15) is 0 Å². The summed E-state index contributed by atoms with van der Waals surface area (Å²) in [7, 11) is 1.12. The third-order valence-corrected chi connectivity index (χ3v) is 2.29. The van der Waals surface area contributed by atoms with Crippen LogP contribution in [0, 0.1) is 0 Å². The predicted molar refractivity (Wildman–Crippen MR) is 55.3 cm³/mol. The molecule has 0 aliphatic carbocycles. The van der Waals surface area contributed by atoms with Gasteiger partial charge >= 0.3 is 5.97 Å². The van der Waals surface area contributed by atoms with Crippen LogP contribution < -0.4 is 0 Å². The van der Waals surface area contributed by atoms with Crippen molar-refractivity contribution in [3.63, 3.8) is 0 Å². The summed E-state index contributed by atoms with van der Waals surface area (Å²) in [6.45, 7) is -0.277. The Morgan fingerprint density at radius 1 is 1.38 bits per heavy atom. The van der Waals surface area contributed by atoms with E-state index in [1.54, 1.807) is 18.2 Å². The van der Waals surface area contributed by atoms with Crippen molar-refractivity contribution in [3.05, 3.63) is 35.4 Å². The van der Waals surface area contributed by atoms with E-state index in [-0.39, 0.29) is 6.61 Å². The fourth-order valence-corrected chi connectivity index (χ4v) is 1.39. The Morgan fingerprint density at radius 3 is 2.56 bits per heavy atom. The van der Waals surface area contributed by atoms with E-state index in [9.17, 15) is 15.0 Å². The number of aliphatic hydroxyl groups is 3. The molecule has 0 spiro atoms. The smallest absolute Gasteiger partial charge is 0.337 e. The molecule has 1 rings (SSSR count). The Bertz CT molecular complexity index is 363. The normalized spacial score (nSPS) is 14.2. The summed E-state index contributed by atoms with van der Waals surface area (Å²) in [5.74, 6) is -0.916. The van der Waals surface area contributed by atoms with E-state index in [1.807, 2.05) is 0 Å². The van der Waals surface area contributed by atoms with E-state index >= 15 is 0 Å². The van der Waals surface area contributed by atoms with Gasteiger partial charge in [-0.3, -0.25) is 0 Å². The SMILES string of the molecule is COC(=O)C(O)C(O)c1ccccc1CO. The number of hydrogen-bond acceptors (Lipinski definition) is 5. The number of benzene rings is 1. The van der Waals surface area contributed by atoms with Crippen LogP contribution in [0.25, 0.3) is 0 Å². The Hall–Kier alpha value is -1.43. The third-order valence-electron chi connectivity index (χ3n) is 2.29. The lowest BCUT2D eigenvalue weighted by molar-refractivity contribution is -0.156. The van der Waals surface area contributed by atoms with Crippen LogP contribution in [0.5, 0.6) is 0 Å². The number of rotatable bonds is 4. The van der Waals surface area contributed by atoms with Crippen molar-refractivity contribution in [1.29, 1.82) is 0 Å². The molecule has 0 aliphatic heterocycles. The van der Waals surface area contributed by atoms with Crippen molar-refractivity contribution in [3.8, 4) is 0 Å². The number of carbonyl (C=O) groups is 1. The highest BCUT2D eigenvalue weighted by Gasteiger charge is 2.27. The van der Waals surface area contributed by atoms with Gasteiger partial charge in [0.2, 0.25) is 0 Å². The monoisotopic (exact) mass is 226 g/mol. The van der Waals surface area contributed by atoms with Crippen molar-refractivity contribution in [2.24, 2.45) is 0 Å². The molecule has 2 atom stereocenters. The van der Waals surface area contributed by atoms with Gasteiger partial charge in [0.1, 0.15) is 6.10 Å². The fourth-order valence-electron chi connectivity index (χ4n) is 1.39. The molecule has 0 aromatic heterocycles. The van der Waals surface area contributed by atoms with Gasteiger partial charge in [-0.05, 0) is 11.1 Å². The molecule has 1 aromatic rings. The molecule has 0 amide bonds. The van der Waals surface area contributed by atoms with E-state index in [0.717, 1.165) is 7.11 Å². The maximum Gasteiger partial charge on any atom is 0.337 e. The fraction of sp³-hybridized carbons (Fsp3) is 0.364. The molecule has 0 heterocycles. The standard InChI is InChI=1S/C11H14O5/c1-16-11(15)10(14)9(13)8-5-3-2-4-7(8)6-12/h2-5,9-10,12-14H,6H2,1H3. The van der Waals surface area contributed by atoms with E-state index in [2.05, 4.69) is 4.74 Å². The first-order valence-electron chi connectivity index (χ1n) is 4.74. The minimum atomic E-state index is -1.65. The summed E-state index contributed by atoms with van der Waals surface area (Å²) in [5, 5.41) is 28.2. The number of hydrogen-bond donors (Lipinski definition) is 3. The molecule has 16 heavy (non-hydrogen) atoms. The van der Waals surface area contributed by atoms with Crippen LogP contribution in [-0.2, 0) is 16.1 Å². The van der Waals surface area contributed by atoms with Crippen molar-refractivity contribution >= 4 is 5.97 Å². The summed E-state index contributed by atoms with van der Waals surface area (Å²) >= 11 is 0. The molecule has 2 unspecified atom stereocenters. The number of aliphatic hydroxyl groups excluding tert-OH is 3. The molecule has 0 aliphatic rings. The molecule has 0 saturated carbocycles. The van der Waals surface area contributed by atoms with Crippen LogP contribution in [0.15, 0.2) is 24.3 Å². The van der Waals surface area contributed by atoms with Crippen LogP contribution in [0.4, 0.5) is 0 Å². The van der Waals surface area contributed by atoms with Crippen molar-refractivity contribution in [1.82, 2.24) is 0 Å². The molecule has 1 aromatic carbocycles. The lowest BCUT2D eigenvalue weighted by atomic mass is 9.99. The zero-order valence-corrected chi connectivity index (χ0v) is 8.83. The highest BCUT2D eigenvalue weighted by atomic mass is 16.5. The summed E-state index contributed by atoms with van der Waals surface area (Å²) < 4.78 is 4.32. The molecule has 0 radical (unpaired) electrons. The van der Waals surface area contributed by atoms with E-state index in [1.165, 1.54) is 6.07 Å². The van der Waals surface area contributed by atoms with Crippen LogP contribution in [0.2, 0.25) is 0 Å². The Balaban J connectivity index is 2.95. The number of ether oxygens (including phenoxy) is 1. The summed E-state index contributed by atoms with van der Waals surface area (Å²) in [5.41, 5.74) is 0.765. The van der Waals surface area contributed by atoms with Crippen LogP contribution in [0.1, 0.15) is 17.2 Å². The molecule has 88 valence electrons. The molecule has 3 N–H and O–H groups in total. The Labute approximate surface area is 92.9 Å². The minimum Gasteiger partial charge on any atom is -0.467 e. The zero-order valence-electron chi connectivity index (χ0n) is 8.83. The van der Waals surface area contributed by atoms with Gasteiger partial charge in [0.05, 0.1) is 13.7 Å². The second kappa shape index (κ2) is 5.60. The van der Waals surface area contributed by atoms with Gasteiger partial charge in [-0.15, -0.1) is 0 Å². The van der Waals surface area contributed by atoms with Gasteiger partial charge in [0, 0.05) is 0 Å². The molecular weight excluding hydrogens is 212 g/mol. The maximum absolute atomic E-state index is 11.0. The lowest BCUT2D eigenvalue weighted by Crippen LogP contribution is -2.29. The first-order chi connectivity index (χ1) is 7.61. The van der Waals surface area contributed by atoms with Crippen molar-refractivity contribution in [2.45, 2.75) is 18.8 Å². The molecule has 5 nitrogen and oxygen atoms in total. The zero-order chi connectivity index (χ0) is 12.1. The second-order valence-electron chi connectivity index (χ2n) is 3.27. The first kappa shape index (κ1) is 12.6. The summed E-state index contributed by atoms with van der Waals surface area (Å²) in [6, 6.07) is 6.46. The largest absolute Gasteiger partial charge is 0.467 e. The lowest BCUT2D eigenvalue weighted by Gasteiger charge is -2.18. The summed E-state index contributed by atoms with van der Waals surface area (Å²) in [4.78, 5) is 11.0. The van der Waals surface area contributed by atoms with Crippen LogP contribution in [0.3, 0.4) is 0 Å². The van der Waals surface area contributed by atoms with Gasteiger partial charge in [0.15, 0.2) is 6.10 Å². The predicted octanol–water partition coefficient (Wildman–Crippen LogP) is -0.254. The maximum atomic E-state index is 11.0. The summed E-state index contributed by atoms with van der Waals surface area (Å²) in [6.07, 6.45) is -3.06. The topological polar surface area (TPSA) is 87.0 Å². The molecular formula is C11H14O5. The van der Waals surface area contributed by atoms with Gasteiger partial charge in [-0.1, -0.05) is 24.3 Å². The average molecular weight is 226 g/mol. The third kappa shape index (κ3) is 2.57. The number of methoxy groups -OCH3 is 1. The molecule has 0 saturated heterocycles. The van der Waals surface area contributed by atoms with Crippen LogP contribution in [-0.4, -0.2) is 34.5 Å². The quantitative estimate of drug-likeness (QED) is 0.616. The van der Waals surface area contributed by atoms with E-state index in [4.69, 9.17) is 5.11 Å². The van der Waals surface area contributed by atoms with E-state index < -0.39 is 18.2 Å². The van der Waals surface area contributed by atoms with Crippen molar-refractivity contribution < 1.29 is 24.9 Å². The van der Waals surface area contributed by atoms with Gasteiger partial charge < -0.3 is 20.1 Å². The number of esters is 1. The molecule has 0 bridgehead atoms.